The molecule has 2 heterocycles. The molecule has 2 amide bonds. The number of thiophene rings is 1. The molecule has 1 unspecified atom stereocenters. The number of rotatable bonds is 9. The highest BCUT2D eigenvalue weighted by Gasteiger charge is 2.27. The third kappa shape index (κ3) is 6.52. The second kappa shape index (κ2) is 11.5. The lowest BCUT2D eigenvalue weighted by Crippen LogP contribution is -2.31. The van der Waals surface area contributed by atoms with E-state index in [0.29, 0.717) is 55.9 Å². The van der Waals surface area contributed by atoms with E-state index in [2.05, 4.69) is 15.6 Å². The molecular weight excluding hydrogens is 484 g/mol. The van der Waals surface area contributed by atoms with Crippen molar-refractivity contribution in [2.75, 3.05) is 17.7 Å². The first-order valence-corrected chi connectivity index (χ1v) is 13.4. The molecule has 1 aromatic carbocycles. The lowest BCUT2D eigenvalue weighted by molar-refractivity contribution is -0.116. The van der Waals surface area contributed by atoms with E-state index in [0.717, 1.165) is 32.5 Å². The van der Waals surface area contributed by atoms with E-state index in [9.17, 15) is 9.59 Å². The number of nitrogens with two attached hydrogens (primary N) is 1. The summed E-state index contributed by atoms with van der Waals surface area (Å²) in [5.74, 6) is 0.719. The van der Waals surface area contributed by atoms with Crippen LogP contribution < -0.4 is 21.1 Å². The van der Waals surface area contributed by atoms with Crippen molar-refractivity contribution in [2.24, 2.45) is 0 Å². The molecule has 186 valence electrons. The van der Waals surface area contributed by atoms with Crippen molar-refractivity contribution < 1.29 is 19.1 Å². The molecule has 1 atom stereocenters. The summed E-state index contributed by atoms with van der Waals surface area (Å²) in [5.41, 5.74) is 9.85. The van der Waals surface area contributed by atoms with Crippen LogP contribution in [0.5, 0.6) is 5.75 Å². The molecule has 1 aliphatic rings. The van der Waals surface area contributed by atoms with Gasteiger partial charge in [0.05, 0.1) is 29.5 Å². The molecule has 4 rings (SSSR count). The van der Waals surface area contributed by atoms with Gasteiger partial charge in [0, 0.05) is 23.1 Å². The smallest absolute Gasteiger partial charge is 0.407 e. The number of nitrogens with one attached hydrogen (secondary N) is 2. The average molecular weight is 515 g/mol. The maximum absolute atomic E-state index is 12.6. The summed E-state index contributed by atoms with van der Waals surface area (Å²) in [6.07, 6.45) is 2.22. The number of anilines is 2. The number of benzene rings is 1. The SMILES string of the molecule is CCOc1ccccc1CCC(=O)Nc1sc2c(c1N)CCC(OC(=O)NCc1csc(C)n1)C2. The van der Waals surface area contributed by atoms with Gasteiger partial charge >= 0.3 is 6.09 Å². The number of thiazole rings is 1. The number of nitrogen functional groups attached to an aromatic ring is 1. The number of hydrogen-bond donors (Lipinski definition) is 3. The number of ether oxygens (including phenoxy) is 2. The van der Waals surface area contributed by atoms with E-state index in [4.69, 9.17) is 15.2 Å². The van der Waals surface area contributed by atoms with Crippen molar-refractivity contribution >= 4 is 45.4 Å². The summed E-state index contributed by atoms with van der Waals surface area (Å²) < 4.78 is 11.3. The Balaban J connectivity index is 1.29. The molecule has 1 aliphatic carbocycles. The van der Waals surface area contributed by atoms with Crippen molar-refractivity contribution in [1.29, 1.82) is 0 Å². The fourth-order valence-electron chi connectivity index (χ4n) is 4.06. The molecule has 0 radical (unpaired) electrons. The van der Waals surface area contributed by atoms with Crippen LogP contribution in [-0.2, 0) is 35.3 Å². The molecule has 0 fully saturated rings. The van der Waals surface area contributed by atoms with Crippen LogP contribution >= 0.6 is 22.7 Å². The summed E-state index contributed by atoms with van der Waals surface area (Å²) in [7, 11) is 0. The van der Waals surface area contributed by atoms with Crippen LogP contribution in [0.3, 0.4) is 0 Å². The Morgan fingerprint density at radius 1 is 1.29 bits per heavy atom. The summed E-state index contributed by atoms with van der Waals surface area (Å²) >= 11 is 3.01. The van der Waals surface area contributed by atoms with Gasteiger partial charge in [-0.1, -0.05) is 18.2 Å². The molecule has 0 saturated heterocycles. The first kappa shape index (κ1) is 25.0. The maximum atomic E-state index is 12.6. The Hall–Kier alpha value is -3.11. The van der Waals surface area contributed by atoms with Gasteiger partial charge in [0.25, 0.3) is 0 Å². The fourth-order valence-corrected chi connectivity index (χ4v) is 5.92. The molecule has 35 heavy (non-hydrogen) atoms. The van der Waals surface area contributed by atoms with E-state index in [1.165, 1.54) is 11.3 Å². The van der Waals surface area contributed by atoms with Crippen molar-refractivity contribution in [3.8, 4) is 5.75 Å². The van der Waals surface area contributed by atoms with Gasteiger partial charge in [0.2, 0.25) is 5.91 Å². The number of carbonyl (C=O) groups is 2. The minimum Gasteiger partial charge on any atom is -0.494 e. The second-order valence-electron chi connectivity index (χ2n) is 8.32. The number of hydrogen-bond acceptors (Lipinski definition) is 8. The monoisotopic (exact) mass is 514 g/mol. The quantitative estimate of drug-likeness (QED) is 0.376. The minimum atomic E-state index is -0.450. The second-order valence-corrected chi connectivity index (χ2v) is 10.5. The van der Waals surface area contributed by atoms with Gasteiger partial charge < -0.3 is 25.8 Å². The molecule has 0 bridgehead atoms. The highest BCUT2D eigenvalue weighted by atomic mass is 32.1. The lowest BCUT2D eigenvalue weighted by atomic mass is 9.95. The standard InChI is InChI=1S/C25H30N4O4S2/c1-3-32-20-7-5-4-6-16(20)8-11-22(30)29-24-23(26)19-10-9-18(12-21(19)35-24)33-25(31)27-13-17-14-34-15(2)28-17/h4-7,14,18H,3,8-13,26H2,1-2H3,(H,27,31)(H,29,30). The van der Waals surface area contributed by atoms with Crippen molar-refractivity contribution in [1.82, 2.24) is 10.3 Å². The predicted octanol–water partition coefficient (Wildman–Crippen LogP) is 4.85. The van der Waals surface area contributed by atoms with Crippen LogP contribution in [0, 0.1) is 6.92 Å². The van der Waals surface area contributed by atoms with Gasteiger partial charge in [-0.25, -0.2) is 9.78 Å². The number of nitrogens with zero attached hydrogens (tertiary/aromatic N) is 1. The number of aromatic nitrogens is 1. The molecule has 0 spiro atoms. The number of carbonyl (C=O) groups excluding carboxylic acids is 2. The Labute approximate surface area is 212 Å². The van der Waals surface area contributed by atoms with E-state index in [1.54, 1.807) is 11.3 Å². The average Bonchev–Trinajstić information content (AvgIpc) is 3.39. The largest absolute Gasteiger partial charge is 0.494 e. The van der Waals surface area contributed by atoms with E-state index < -0.39 is 6.09 Å². The van der Waals surface area contributed by atoms with E-state index in [1.807, 2.05) is 43.5 Å². The predicted molar refractivity (Wildman–Crippen MR) is 139 cm³/mol. The van der Waals surface area contributed by atoms with Crippen LogP contribution in [0.25, 0.3) is 0 Å². The summed E-state index contributed by atoms with van der Waals surface area (Å²) in [4.78, 5) is 30.3. The zero-order chi connectivity index (χ0) is 24.8. The van der Waals surface area contributed by atoms with Gasteiger partial charge in [-0.05, 0) is 50.3 Å². The first-order valence-electron chi connectivity index (χ1n) is 11.7. The first-order chi connectivity index (χ1) is 16.9. The zero-order valence-electron chi connectivity index (χ0n) is 19.9. The van der Waals surface area contributed by atoms with Crippen LogP contribution in [0.1, 0.15) is 46.5 Å². The van der Waals surface area contributed by atoms with Gasteiger partial charge in [-0.3, -0.25) is 4.79 Å². The highest BCUT2D eigenvalue weighted by molar-refractivity contribution is 7.17. The van der Waals surface area contributed by atoms with Crippen LogP contribution in [0.15, 0.2) is 29.6 Å². The Kier molecular flexibility index (Phi) is 8.25. The van der Waals surface area contributed by atoms with Gasteiger partial charge in [-0.15, -0.1) is 22.7 Å². The van der Waals surface area contributed by atoms with Gasteiger partial charge in [0.1, 0.15) is 16.9 Å². The molecule has 0 aliphatic heterocycles. The van der Waals surface area contributed by atoms with Gasteiger partial charge in [-0.2, -0.15) is 0 Å². The third-order valence-electron chi connectivity index (χ3n) is 5.76. The molecule has 3 aromatic rings. The topological polar surface area (TPSA) is 116 Å². The molecule has 2 aromatic heterocycles. The van der Waals surface area contributed by atoms with Crippen molar-refractivity contribution in [3.05, 3.63) is 56.4 Å². The Bertz CT molecular complexity index is 1190. The molecule has 4 N–H and O–H groups in total. The fraction of sp³-hybridized carbons (Fsp3) is 0.400. The Morgan fingerprint density at radius 3 is 2.89 bits per heavy atom. The maximum Gasteiger partial charge on any atom is 0.407 e. The normalized spacial score (nSPS) is 14.7. The minimum absolute atomic E-state index is 0.0916. The summed E-state index contributed by atoms with van der Waals surface area (Å²) in [5, 5.41) is 9.29. The molecule has 10 heteroatoms. The van der Waals surface area contributed by atoms with Crippen LogP contribution in [-0.4, -0.2) is 29.7 Å². The number of para-hydroxylation sites is 1. The van der Waals surface area contributed by atoms with Crippen LogP contribution in [0.4, 0.5) is 15.5 Å². The van der Waals surface area contributed by atoms with Crippen LogP contribution in [0.2, 0.25) is 0 Å². The van der Waals surface area contributed by atoms with Gasteiger partial charge in [0.15, 0.2) is 0 Å². The molecular formula is C25H30N4O4S2. The molecule has 0 saturated carbocycles. The van der Waals surface area contributed by atoms with Crippen molar-refractivity contribution in [2.45, 2.75) is 58.6 Å². The number of amides is 2. The molecule has 8 nitrogen and oxygen atoms in total. The summed E-state index contributed by atoms with van der Waals surface area (Å²) in [6, 6.07) is 7.76. The lowest BCUT2D eigenvalue weighted by Gasteiger charge is -2.22. The Morgan fingerprint density at radius 2 is 2.11 bits per heavy atom. The number of fused-ring (bicyclic) bond motifs is 1. The van der Waals surface area contributed by atoms with Crippen molar-refractivity contribution in [3.63, 3.8) is 0 Å². The van der Waals surface area contributed by atoms with E-state index in [-0.39, 0.29) is 12.0 Å². The third-order valence-corrected chi connectivity index (χ3v) is 7.77. The summed E-state index contributed by atoms with van der Waals surface area (Å²) in [6.45, 7) is 4.80. The number of alkyl carbamates (subject to hydrolysis) is 1. The van der Waals surface area contributed by atoms with E-state index >= 15 is 0 Å². The highest BCUT2D eigenvalue weighted by Crippen LogP contribution is 2.40. The zero-order valence-corrected chi connectivity index (χ0v) is 21.5. The number of aryl methyl sites for hydroxylation is 2.